The number of hydrogen-bond acceptors (Lipinski definition) is 4. The van der Waals surface area contributed by atoms with Gasteiger partial charge in [-0.2, -0.15) is 0 Å². The normalized spacial score (nSPS) is 14.2. The maximum absolute atomic E-state index is 5.45. The second-order valence-electron chi connectivity index (χ2n) is 5.87. The molecule has 0 unspecified atom stereocenters. The van der Waals surface area contributed by atoms with Crippen molar-refractivity contribution < 1.29 is 14.2 Å². The molecule has 0 spiro atoms. The van der Waals surface area contributed by atoms with E-state index in [1.807, 2.05) is 12.1 Å². The molecule has 24 heavy (non-hydrogen) atoms. The van der Waals surface area contributed by atoms with Crippen LogP contribution in [0.1, 0.15) is 16.7 Å². The first-order chi connectivity index (χ1) is 11.7. The summed E-state index contributed by atoms with van der Waals surface area (Å²) in [6.07, 6.45) is 1.06. The smallest absolute Gasteiger partial charge is 0.203 e. The molecular weight excluding hydrogens is 370 g/mol. The van der Waals surface area contributed by atoms with Gasteiger partial charge >= 0.3 is 0 Å². The van der Waals surface area contributed by atoms with Crippen LogP contribution in [-0.4, -0.2) is 32.8 Å². The predicted molar refractivity (Wildman–Crippen MR) is 98.1 cm³/mol. The van der Waals surface area contributed by atoms with E-state index in [1.165, 1.54) is 15.6 Å². The van der Waals surface area contributed by atoms with Gasteiger partial charge in [0.1, 0.15) is 0 Å². The predicted octanol–water partition coefficient (Wildman–Crippen LogP) is 4.03. The lowest BCUT2D eigenvalue weighted by Gasteiger charge is -2.29. The zero-order chi connectivity index (χ0) is 17.1. The fourth-order valence-electron chi connectivity index (χ4n) is 3.24. The van der Waals surface area contributed by atoms with Crippen LogP contribution in [-0.2, 0) is 19.5 Å². The van der Waals surface area contributed by atoms with Crippen molar-refractivity contribution in [3.8, 4) is 17.2 Å². The Morgan fingerprint density at radius 2 is 1.75 bits per heavy atom. The summed E-state index contributed by atoms with van der Waals surface area (Å²) in [5, 5.41) is 0. The van der Waals surface area contributed by atoms with Crippen LogP contribution in [0.4, 0.5) is 0 Å². The van der Waals surface area contributed by atoms with Crippen LogP contribution in [0, 0.1) is 0 Å². The first-order valence-corrected chi connectivity index (χ1v) is 8.73. The van der Waals surface area contributed by atoms with Crippen molar-refractivity contribution in [1.82, 2.24) is 4.90 Å². The van der Waals surface area contributed by atoms with E-state index in [9.17, 15) is 0 Å². The summed E-state index contributed by atoms with van der Waals surface area (Å²) in [5.74, 6) is 2.04. The third kappa shape index (κ3) is 3.37. The van der Waals surface area contributed by atoms with E-state index in [0.717, 1.165) is 31.6 Å². The number of rotatable bonds is 5. The third-order valence-electron chi connectivity index (χ3n) is 4.42. The summed E-state index contributed by atoms with van der Waals surface area (Å²) in [6.45, 7) is 2.83. The van der Waals surface area contributed by atoms with Crippen LogP contribution < -0.4 is 14.2 Å². The zero-order valence-electron chi connectivity index (χ0n) is 14.3. The summed E-state index contributed by atoms with van der Waals surface area (Å²) in [6, 6.07) is 10.5. The van der Waals surface area contributed by atoms with Gasteiger partial charge in [0.25, 0.3) is 0 Å². The molecule has 0 aromatic heterocycles. The molecule has 0 N–H and O–H groups in total. The van der Waals surface area contributed by atoms with E-state index >= 15 is 0 Å². The van der Waals surface area contributed by atoms with Gasteiger partial charge in [0.05, 0.1) is 21.3 Å². The Bertz CT molecular complexity index is 708. The molecule has 2 aromatic carbocycles. The lowest BCUT2D eigenvalue weighted by Crippen LogP contribution is -2.30. The fraction of sp³-hybridized carbons (Fsp3) is 0.368. The summed E-state index contributed by atoms with van der Waals surface area (Å²) >= 11 is 3.66. The van der Waals surface area contributed by atoms with Crippen LogP contribution in [0.15, 0.2) is 34.8 Å². The molecule has 1 heterocycles. The Morgan fingerprint density at radius 1 is 1.04 bits per heavy atom. The number of halogens is 1. The largest absolute Gasteiger partial charge is 0.493 e. The Morgan fingerprint density at radius 3 is 2.38 bits per heavy atom. The van der Waals surface area contributed by atoms with E-state index < -0.39 is 0 Å². The van der Waals surface area contributed by atoms with Gasteiger partial charge in [0.15, 0.2) is 11.5 Å². The fourth-order valence-corrected chi connectivity index (χ4v) is 3.85. The molecule has 0 amide bonds. The molecule has 0 bridgehead atoms. The van der Waals surface area contributed by atoms with Crippen LogP contribution in [0.25, 0.3) is 0 Å². The van der Waals surface area contributed by atoms with Crippen LogP contribution in [0.2, 0.25) is 0 Å². The van der Waals surface area contributed by atoms with Gasteiger partial charge < -0.3 is 14.2 Å². The maximum Gasteiger partial charge on any atom is 0.203 e. The average Bonchev–Trinajstić information content (AvgIpc) is 2.61. The molecule has 4 nitrogen and oxygen atoms in total. The highest BCUT2D eigenvalue weighted by molar-refractivity contribution is 9.10. The molecule has 2 aromatic rings. The lowest BCUT2D eigenvalue weighted by molar-refractivity contribution is 0.244. The number of benzene rings is 2. The molecular formula is C19H22BrNO3. The first-order valence-electron chi connectivity index (χ1n) is 7.93. The second-order valence-corrected chi connectivity index (χ2v) is 6.73. The SMILES string of the molecule is COc1cc(CN2CCc3c(Br)cccc3C2)cc(OC)c1OC. The van der Waals surface area contributed by atoms with Crippen LogP contribution in [0.3, 0.4) is 0 Å². The minimum absolute atomic E-state index is 0.636. The quantitative estimate of drug-likeness (QED) is 0.769. The first kappa shape index (κ1) is 17.1. The van der Waals surface area contributed by atoms with E-state index in [-0.39, 0.29) is 0 Å². The van der Waals surface area contributed by atoms with Gasteiger partial charge in [-0.05, 0) is 41.3 Å². The topological polar surface area (TPSA) is 30.9 Å². The molecule has 1 aliphatic rings. The van der Waals surface area contributed by atoms with Crippen molar-refractivity contribution in [2.24, 2.45) is 0 Å². The summed E-state index contributed by atoms with van der Waals surface area (Å²) in [7, 11) is 4.92. The highest BCUT2D eigenvalue weighted by Gasteiger charge is 2.20. The van der Waals surface area contributed by atoms with E-state index in [0.29, 0.717) is 17.2 Å². The summed E-state index contributed by atoms with van der Waals surface area (Å²) in [4.78, 5) is 2.44. The molecule has 3 rings (SSSR count). The van der Waals surface area contributed by atoms with Crippen molar-refractivity contribution in [3.05, 3.63) is 51.5 Å². The molecule has 128 valence electrons. The Labute approximate surface area is 151 Å². The number of methoxy groups -OCH3 is 3. The molecule has 0 saturated heterocycles. The molecule has 5 heteroatoms. The summed E-state index contributed by atoms with van der Waals surface area (Å²) < 4.78 is 17.5. The van der Waals surface area contributed by atoms with Crippen LogP contribution >= 0.6 is 15.9 Å². The van der Waals surface area contributed by atoms with Gasteiger partial charge in [-0.1, -0.05) is 28.1 Å². The van der Waals surface area contributed by atoms with Crippen molar-refractivity contribution in [2.75, 3.05) is 27.9 Å². The molecule has 1 aliphatic heterocycles. The maximum atomic E-state index is 5.45. The van der Waals surface area contributed by atoms with Gasteiger partial charge in [-0.3, -0.25) is 4.90 Å². The van der Waals surface area contributed by atoms with E-state index in [1.54, 1.807) is 21.3 Å². The highest BCUT2D eigenvalue weighted by atomic mass is 79.9. The van der Waals surface area contributed by atoms with Crippen molar-refractivity contribution >= 4 is 15.9 Å². The van der Waals surface area contributed by atoms with E-state index in [2.05, 4.69) is 39.0 Å². The summed E-state index contributed by atoms with van der Waals surface area (Å²) in [5.41, 5.74) is 3.98. The van der Waals surface area contributed by atoms with Crippen LogP contribution in [0.5, 0.6) is 17.2 Å². The molecule has 0 fully saturated rings. The van der Waals surface area contributed by atoms with Gasteiger partial charge in [0.2, 0.25) is 5.75 Å². The molecule has 0 saturated carbocycles. The number of ether oxygens (including phenoxy) is 3. The van der Waals surface area contributed by atoms with Crippen molar-refractivity contribution in [2.45, 2.75) is 19.5 Å². The van der Waals surface area contributed by atoms with Gasteiger partial charge in [-0.15, -0.1) is 0 Å². The average molecular weight is 392 g/mol. The van der Waals surface area contributed by atoms with Gasteiger partial charge in [0, 0.05) is 24.1 Å². The second kappa shape index (κ2) is 7.45. The van der Waals surface area contributed by atoms with Crippen molar-refractivity contribution in [3.63, 3.8) is 0 Å². The Balaban J connectivity index is 1.82. The number of hydrogen-bond donors (Lipinski definition) is 0. The van der Waals surface area contributed by atoms with Crippen molar-refractivity contribution in [1.29, 1.82) is 0 Å². The third-order valence-corrected chi connectivity index (χ3v) is 5.16. The zero-order valence-corrected chi connectivity index (χ0v) is 15.9. The number of fused-ring (bicyclic) bond motifs is 1. The van der Waals surface area contributed by atoms with Gasteiger partial charge in [-0.25, -0.2) is 0 Å². The molecule has 0 atom stereocenters. The minimum atomic E-state index is 0.636. The Kier molecular flexibility index (Phi) is 5.31. The molecule has 0 radical (unpaired) electrons. The number of nitrogens with zero attached hydrogens (tertiary/aromatic N) is 1. The Hall–Kier alpha value is -1.72. The monoisotopic (exact) mass is 391 g/mol. The standard InChI is InChI=1S/C19H22BrNO3/c1-22-17-9-13(10-18(23-2)19(17)24-3)11-21-8-7-15-14(12-21)5-4-6-16(15)20/h4-6,9-10H,7-8,11-12H2,1-3H3. The van der Waals surface area contributed by atoms with E-state index in [4.69, 9.17) is 14.2 Å². The molecule has 0 aliphatic carbocycles. The highest BCUT2D eigenvalue weighted by Crippen LogP contribution is 2.38. The lowest BCUT2D eigenvalue weighted by atomic mass is 9.99. The minimum Gasteiger partial charge on any atom is -0.493 e.